The average Bonchev–Trinajstić information content (AvgIpc) is 2.51. The van der Waals surface area contributed by atoms with Crippen LogP contribution >= 0.6 is 0 Å². The summed E-state index contributed by atoms with van der Waals surface area (Å²) in [5.41, 5.74) is 0. The highest BCUT2D eigenvalue weighted by Gasteiger charge is 2.23. The lowest BCUT2D eigenvalue weighted by Crippen LogP contribution is -2.53. The Morgan fingerprint density at radius 1 is 1.18 bits per heavy atom. The highest BCUT2D eigenvalue weighted by Crippen LogP contribution is 2.15. The van der Waals surface area contributed by atoms with Gasteiger partial charge >= 0.3 is 0 Å². The van der Waals surface area contributed by atoms with Crippen molar-refractivity contribution in [3.05, 3.63) is 30.1 Å². The number of ether oxygens (including phenoxy) is 2. The molecule has 0 spiro atoms. The minimum Gasteiger partial charge on any atom is -0.489 e. The molecule has 1 atom stereocenters. The zero-order valence-corrected chi connectivity index (χ0v) is 13.6. The molecule has 1 aromatic rings. The van der Waals surface area contributed by atoms with Gasteiger partial charge in [-0.3, -0.25) is 9.80 Å². The van der Waals surface area contributed by atoms with Crippen molar-refractivity contribution in [3.8, 4) is 5.75 Å². The molecule has 0 aliphatic carbocycles. The standard InChI is InChI=1S/C17H27FN2O2/c1-3-21-12-11-20-9-8-19(14-15(20)2)10-13-22-17-7-5-4-6-16(17)18/h4-7,15H,3,8-14H2,1-2H3/t15-/m1/s1. The summed E-state index contributed by atoms with van der Waals surface area (Å²) in [6, 6.07) is 7.07. The first-order valence-corrected chi connectivity index (χ1v) is 8.12. The summed E-state index contributed by atoms with van der Waals surface area (Å²) in [6.07, 6.45) is 0. The molecule has 1 aliphatic heterocycles. The first-order valence-electron chi connectivity index (χ1n) is 8.12. The molecule has 4 nitrogen and oxygen atoms in total. The van der Waals surface area contributed by atoms with E-state index in [0.29, 0.717) is 18.4 Å². The Morgan fingerprint density at radius 3 is 2.73 bits per heavy atom. The van der Waals surface area contributed by atoms with E-state index < -0.39 is 0 Å². The third-order valence-corrected chi connectivity index (χ3v) is 4.08. The van der Waals surface area contributed by atoms with E-state index in [1.807, 2.05) is 6.92 Å². The van der Waals surface area contributed by atoms with Crippen LogP contribution in [0.25, 0.3) is 0 Å². The van der Waals surface area contributed by atoms with Gasteiger partial charge in [-0.15, -0.1) is 0 Å². The van der Waals surface area contributed by atoms with E-state index >= 15 is 0 Å². The fourth-order valence-corrected chi connectivity index (χ4v) is 2.78. The second-order valence-electron chi connectivity index (χ2n) is 5.66. The Morgan fingerprint density at radius 2 is 2.00 bits per heavy atom. The van der Waals surface area contributed by atoms with Gasteiger partial charge in [0.15, 0.2) is 11.6 Å². The lowest BCUT2D eigenvalue weighted by Gasteiger charge is -2.39. The minimum absolute atomic E-state index is 0.295. The van der Waals surface area contributed by atoms with Crippen LogP contribution in [-0.4, -0.2) is 68.4 Å². The number of rotatable bonds is 8. The maximum Gasteiger partial charge on any atom is 0.165 e. The van der Waals surface area contributed by atoms with Crippen LogP contribution < -0.4 is 4.74 Å². The van der Waals surface area contributed by atoms with Crippen molar-refractivity contribution < 1.29 is 13.9 Å². The van der Waals surface area contributed by atoms with E-state index in [-0.39, 0.29) is 5.82 Å². The summed E-state index contributed by atoms with van der Waals surface area (Å²) < 4.78 is 24.4. The molecule has 1 heterocycles. The normalized spacial score (nSPS) is 20.2. The van der Waals surface area contributed by atoms with E-state index in [1.165, 1.54) is 6.07 Å². The molecular formula is C17H27FN2O2. The van der Waals surface area contributed by atoms with E-state index in [4.69, 9.17) is 9.47 Å². The van der Waals surface area contributed by atoms with Crippen LogP contribution in [0.3, 0.4) is 0 Å². The van der Waals surface area contributed by atoms with E-state index in [2.05, 4.69) is 16.7 Å². The molecule has 2 rings (SSSR count). The summed E-state index contributed by atoms with van der Waals surface area (Å²) in [5, 5.41) is 0. The van der Waals surface area contributed by atoms with Gasteiger partial charge in [0.05, 0.1) is 6.61 Å². The van der Waals surface area contributed by atoms with Crippen LogP contribution in [0.5, 0.6) is 5.75 Å². The monoisotopic (exact) mass is 310 g/mol. The van der Waals surface area contributed by atoms with Gasteiger partial charge in [0.25, 0.3) is 0 Å². The molecule has 1 aliphatic rings. The highest BCUT2D eigenvalue weighted by atomic mass is 19.1. The van der Waals surface area contributed by atoms with Crippen LogP contribution in [0.2, 0.25) is 0 Å². The summed E-state index contributed by atoms with van der Waals surface area (Å²) in [6.45, 7) is 11.3. The Balaban J connectivity index is 1.67. The zero-order chi connectivity index (χ0) is 15.8. The predicted octanol–water partition coefficient (Wildman–Crippen LogP) is 2.25. The van der Waals surface area contributed by atoms with Gasteiger partial charge < -0.3 is 9.47 Å². The molecule has 22 heavy (non-hydrogen) atoms. The number of benzene rings is 1. The van der Waals surface area contributed by atoms with Crippen LogP contribution in [0.4, 0.5) is 4.39 Å². The Hall–Kier alpha value is -1.17. The molecule has 5 heteroatoms. The second kappa shape index (κ2) is 9.08. The smallest absolute Gasteiger partial charge is 0.165 e. The lowest BCUT2D eigenvalue weighted by molar-refractivity contribution is 0.0445. The van der Waals surface area contributed by atoms with Crippen molar-refractivity contribution in [2.24, 2.45) is 0 Å². The zero-order valence-electron chi connectivity index (χ0n) is 13.6. The highest BCUT2D eigenvalue weighted by molar-refractivity contribution is 5.23. The van der Waals surface area contributed by atoms with Crippen molar-refractivity contribution in [1.82, 2.24) is 9.80 Å². The topological polar surface area (TPSA) is 24.9 Å². The van der Waals surface area contributed by atoms with Gasteiger partial charge in [-0.05, 0) is 26.0 Å². The van der Waals surface area contributed by atoms with E-state index in [1.54, 1.807) is 18.2 Å². The fourth-order valence-electron chi connectivity index (χ4n) is 2.78. The lowest BCUT2D eigenvalue weighted by atomic mass is 10.2. The van der Waals surface area contributed by atoms with Gasteiger partial charge in [0, 0.05) is 45.4 Å². The van der Waals surface area contributed by atoms with Gasteiger partial charge in [-0.2, -0.15) is 0 Å². The van der Waals surface area contributed by atoms with Gasteiger partial charge in [0.2, 0.25) is 0 Å². The third-order valence-electron chi connectivity index (χ3n) is 4.08. The maximum absolute atomic E-state index is 13.5. The largest absolute Gasteiger partial charge is 0.489 e. The van der Waals surface area contributed by atoms with Crippen molar-refractivity contribution in [2.45, 2.75) is 19.9 Å². The summed E-state index contributed by atoms with van der Waals surface area (Å²) >= 11 is 0. The summed E-state index contributed by atoms with van der Waals surface area (Å²) in [5.74, 6) is 0.0440. The molecule has 124 valence electrons. The first kappa shape index (κ1) is 17.2. The van der Waals surface area contributed by atoms with Crippen molar-refractivity contribution in [3.63, 3.8) is 0 Å². The molecule has 1 fully saturated rings. The number of hydrogen-bond donors (Lipinski definition) is 0. The van der Waals surface area contributed by atoms with Crippen LogP contribution in [0.1, 0.15) is 13.8 Å². The molecule has 0 N–H and O–H groups in total. The predicted molar refractivity (Wildman–Crippen MR) is 85.9 cm³/mol. The first-order chi connectivity index (χ1) is 10.7. The molecule has 1 aromatic carbocycles. The van der Waals surface area contributed by atoms with Gasteiger partial charge in [-0.25, -0.2) is 4.39 Å². The molecule has 0 radical (unpaired) electrons. The van der Waals surface area contributed by atoms with Gasteiger partial charge in [0.1, 0.15) is 6.61 Å². The minimum atomic E-state index is -0.295. The fraction of sp³-hybridized carbons (Fsp3) is 0.647. The average molecular weight is 310 g/mol. The number of para-hydroxylation sites is 1. The van der Waals surface area contributed by atoms with Crippen molar-refractivity contribution >= 4 is 0 Å². The van der Waals surface area contributed by atoms with Crippen molar-refractivity contribution in [1.29, 1.82) is 0 Å². The van der Waals surface area contributed by atoms with Crippen LogP contribution in [-0.2, 0) is 4.74 Å². The van der Waals surface area contributed by atoms with Crippen LogP contribution in [0.15, 0.2) is 24.3 Å². The second-order valence-corrected chi connectivity index (χ2v) is 5.66. The Labute approximate surface area is 132 Å². The molecule has 1 saturated heterocycles. The Kier molecular flexibility index (Phi) is 7.09. The molecule has 0 amide bonds. The molecule has 0 aromatic heterocycles. The number of hydrogen-bond acceptors (Lipinski definition) is 4. The summed E-state index contributed by atoms with van der Waals surface area (Å²) in [4.78, 5) is 4.84. The van der Waals surface area contributed by atoms with Crippen LogP contribution in [0, 0.1) is 5.82 Å². The molecule has 0 bridgehead atoms. The number of halogens is 1. The summed E-state index contributed by atoms with van der Waals surface area (Å²) in [7, 11) is 0. The number of nitrogens with zero attached hydrogens (tertiary/aromatic N) is 2. The van der Waals surface area contributed by atoms with Crippen molar-refractivity contribution in [2.75, 3.05) is 52.5 Å². The molecule has 0 saturated carbocycles. The third kappa shape index (κ3) is 5.23. The SMILES string of the molecule is CCOCCN1CCN(CCOc2ccccc2F)C[C@H]1C. The molecule has 0 unspecified atom stereocenters. The maximum atomic E-state index is 13.5. The Bertz CT molecular complexity index is 444. The van der Waals surface area contributed by atoms with E-state index in [0.717, 1.165) is 45.9 Å². The molecular weight excluding hydrogens is 283 g/mol. The number of piperazine rings is 1. The quantitative estimate of drug-likeness (QED) is 0.688. The van der Waals surface area contributed by atoms with E-state index in [9.17, 15) is 4.39 Å². The van der Waals surface area contributed by atoms with Gasteiger partial charge in [-0.1, -0.05) is 12.1 Å².